The molecule has 0 saturated heterocycles. The van der Waals surface area contributed by atoms with Crippen LogP contribution in [-0.2, 0) is 41.6 Å². The van der Waals surface area contributed by atoms with Crippen LogP contribution in [0.2, 0.25) is 0 Å². The predicted molar refractivity (Wildman–Crippen MR) is 196 cm³/mol. The minimum absolute atomic E-state index is 0.00935. The van der Waals surface area contributed by atoms with Crippen molar-refractivity contribution < 1.29 is 38.5 Å². The molecule has 0 saturated carbocycles. The molecule has 1 aromatic heterocycles. The number of amides is 3. The van der Waals surface area contributed by atoms with Crippen molar-refractivity contribution in [2.24, 2.45) is 0 Å². The van der Waals surface area contributed by atoms with E-state index in [1.165, 1.54) is 64.2 Å². The van der Waals surface area contributed by atoms with E-state index in [9.17, 15) is 24.3 Å². The predicted octanol–water partition coefficient (Wildman–Crippen LogP) is 5.72. The van der Waals surface area contributed by atoms with Crippen molar-refractivity contribution in [3.63, 3.8) is 0 Å². The number of nitrogens with one attached hydrogen (secondary N) is 3. The molecule has 0 bridgehead atoms. The van der Waals surface area contributed by atoms with E-state index >= 15 is 0 Å². The number of carbonyl (C=O) groups excluding carboxylic acids is 3. The van der Waals surface area contributed by atoms with Gasteiger partial charge >= 0.3 is 12.1 Å². The van der Waals surface area contributed by atoms with Gasteiger partial charge in [-0.2, -0.15) is 0 Å². The first-order valence-electron chi connectivity index (χ1n) is 19.6. The molecule has 1 heterocycles. The lowest BCUT2D eigenvalue weighted by Gasteiger charge is -2.14. The highest BCUT2D eigenvalue weighted by molar-refractivity contribution is 5.84. The summed E-state index contributed by atoms with van der Waals surface area (Å²) in [7, 11) is 0. The molecule has 4 N–H and O–H groups in total. The second-order valence-corrected chi connectivity index (χ2v) is 13.1. The summed E-state index contributed by atoms with van der Waals surface area (Å²) in [4.78, 5) is 47.7. The highest BCUT2D eigenvalue weighted by Crippen LogP contribution is 2.13. The third kappa shape index (κ3) is 28.1. The zero-order valence-electron chi connectivity index (χ0n) is 31.6. The number of hydrogen-bond donors (Lipinski definition) is 4. The van der Waals surface area contributed by atoms with Crippen molar-refractivity contribution in [3.8, 4) is 0 Å². The molecule has 0 aliphatic rings. The second-order valence-electron chi connectivity index (χ2n) is 13.1. The van der Waals surface area contributed by atoms with Crippen LogP contribution in [0.1, 0.15) is 142 Å². The number of unbranched alkanes of at least 4 members (excludes halogenated alkanes) is 14. The Hall–Kier alpha value is -3.26. The van der Waals surface area contributed by atoms with Gasteiger partial charge in [-0.1, -0.05) is 109 Å². The standard InChI is InChI=1S/C37H68N6O8/c1-3-5-7-8-9-10-11-12-13-14-15-16-17-19-35(45)40-33(36(46)47)20-21-34(44)38-24-27-49-29-30-50-28-25-43-31-32(41-42-43)22-26-51-37(48)39-23-18-6-4-2/h31,33H,3-30H2,1-2H3,(H,38,44)(H,39,48)(H,40,45)(H,46,47). The quantitative estimate of drug-likeness (QED) is 0.0632. The number of rotatable bonds is 35. The molecule has 3 amide bonds. The Balaban J connectivity index is 1.99. The highest BCUT2D eigenvalue weighted by Gasteiger charge is 2.20. The number of hydrogen-bond acceptors (Lipinski definition) is 9. The summed E-state index contributed by atoms with van der Waals surface area (Å²) in [6, 6.07) is -1.09. The molecule has 14 heteroatoms. The lowest BCUT2D eigenvalue weighted by Crippen LogP contribution is -2.41. The molecule has 0 aromatic carbocycles. The first-order valence-corrected chi connectivity index (χ1v) is 19.6. The molecule has 294 valence electrons. The second kappa shape index (κ2) is 32.6. The molecular formula is C37H68N6O8. The first-order chi connectivity index (χ1) is 24.8. The molecule has 51 heavy (non-hydrogen) atoms. The lowest BCUT2D eigenvalue weighted by atomic mass is 10.0. The zero-order valence-corrected chi connectivity index (χ0v) is 31.6. The van der Waals surface area contributed by atoms with Crippen molar-refractivity contribution in [1.82, 2.24) is 30.9 Å². The van der Waals surface area contributed by atoms with Crippen molar-refractivity contribution in [2.45, 2.75) is 155 Å². The van der Waals surface area contributed by atoms with Crippen molar-refractivity contribution in [3.05, 3.63) is 11.9 Å². The van der Waals surface area contributed by atoms with Crippen LogP contribution >= 0.6 is 0 Å². The topological polar surface area (TPSA) is 183 Å². The Morgan fingerprint density at radius 3 is 1.96 bits per heavy atom. The number of aliphatic carboxylic acids is 1. The smallest absolute Gasteiger partial charge is 0.407 e. The fraction of sp³-hybridized carbons (Fsp3) is 0.838. The summed E-state index contributed by atoms with van der Waals surface area (Å²) >= 11 is 0. The summed E-state index contributed by atoms with van der Waals surface area (Å²) in [5, 5.41) is 25.6. The molecular weight excluding hydrogens is 656 g/mol. The molecule has 0 aliphatic heterocycles. The van der Waals surface area contributed by atoms with Crippen LogP contribution in [0.25, 0.3) is 0 Å². The van der Waals surface area contributed by atoms with E-state index in [2.05, 4.69) is 40.1 Å². The Morgan fingerprint density at radius 1 is 0.706 bits per heavy atom. The van der Waals surface area contributed by atoms with Crippen LogP contribution in [-0.4, -0.2) is 96.1 Å². The lowest BCUT2D eigenvalue weighted by molar-refractivity contribution is -0.142. The van der Waals surface area contributed by atoms with Gasteiger partial charge in [-0.25, -0.2) is 14.3 Å². The van der Waals surface area contributed by atoms with E-state index < -0.39 is 18.1 Å². The van der Waals surface area contributed by atoms with E-state index in [1.54, 1.807) is 10.9 Å². The van der Waals surface area contributed by atoms with Gasteiger partial charge in [0.2, 0.25) is 11.8 Å². The summed E-state index contributed by atoms with van der Waals surface area (Å²) in [5.74, 6) is -1.72. The van der Waals surface area contributed by atoms with Crippen LogP contribution in [0.4, 0.5) is 4.79 Å². The van der Waals surface area contributed by atoms with Crippen LogP contribution in [0.15, 0.2) is 6.20 Å². The number of nitrogens with zero attached hydrogens (tertiary/aromatic N) is 3. The van der Waals surface area contributed by atoms with Gasteiger partial charge in [0.05, 0.1) is 45.3 Å². The van der Waals surface area contributed by atoms with Crippen LogP contribution < -0.4 is 16.0 Å². The molecule has 1 rings (SSSR count). The average molecular weight is 725 g/mol. The molecule has 0 spiro atoms. The largest absolute Gasteiger partial charge is 0.480 e. The van der Waals surface area contributed by atoms with E-state index in [-0.39, 0.29) is 37.8 Å². The van der Waals surface area contributed by atoms with Crippen LogP contribution in [0.5, 0.6) is 0 Å². The Morgan fingerprint density at radius 2 is 1.31 bits per heavy atom. The van der Waals surface area contributed by atoms with E-state index in [4.69, 9.17) is 14.2 Å². The van der Waals surface area contributed by atoms with Gasteiger partial charge in [0.25, 0.3) is 0 Å². The van der Waals surface area contributed by atoms with Gasteiger partial charge in [-0.3, -0.25) is 9.59 Å². The van der Waals surface area contributed by atoms with Gasteiger partial charge in [-0.05, 0) is 19.3 Å². The number of carbonyl (C=O) groups is 4. The van der Waals surface area contributed by atoms with Crippen LogP contribution in [0, 0.1) is 0 Å². The number of aromatic nitrogens is 3. The minimum atomic E-state index is -1.14. The third-order valence-electron chi connectivity index (χ3n) is 8.43. The molecule has 0 fully saturated rings. The number of carboxylic acid groups (broad SMARTS) is 1. The maximum Gasteiger partial charge on any atom is 0.407 e. The normalized spacial score (nSPS) is 11.6. The van der Waals surface area contributed by atoms with Gasteiger partial charge in [0.15, 0.2) is 0 Å². The zero-order chi connectivity index (χ0) is 37.2. The van der Waals surface area contributed by atoms with Crippen LogP contribution in [0.3, 0.4) is 0 Å². The summed E-state index contributed by atoms with van der Waals surface area (Å²) in [5.41, 5.74) is 0.725. The summed E-state index contributed by atoms with van der Waals surface area (Å²) in [6.45, 7) is 7.42. The van der Waals surface area contributed by atoms with E-state index in [1.807, 2.05) is 0 Å². The Bertz CT molecular complexity index is 1040. The number of carboxylic acids is 1. The Labute approximate surface area is 305 Å². The Kier molecular flexibility index (Phi) is 29.3. The SMILES string of the molecule is CCCCCCCCCCCCCCCC(=O)NC(CCC(=O)NCCOCCOCCn1cc(CCOC(=O)NCCCCC)nn1)C(=O)O. The van der Waals surface area contributed by atoms with E-state index in [0.717, 1.165) is 44.2 Å². The van der Waals surface area contributed by atoms with E-state index in [0.29, 0.717) is 52.4 Å². The highest BCUT2D eigenvalue weighted by atomic mass is 16.5. The molecule has 0 radical (unpaired) electrons. The summed E-state index contributed by atoms with van der Waals surface area (Å²) in [6.07, 6.45) is 21.1. The minimum Gasteiger partial charge on any atom is -0.480 e. The molecule has 0 aliphatic carbocycles. The van der Waals surface area contributed by atoms with Gasteiger partial charge in [0, 0.05) is 38.5 Å². The van der Waals surface area contributed by atoms with Gasteiger partial charge in [0.1, 0.15) is 6.04 Å². The molecule has 1 atom stereocenters. The van der Waals surface area contributed by atoms with Gasteiger partial charge in [-0.15, -0.1) is 5.10 Å². The molecule has 14 nitrogen and oxygen atoms in total. The monoisotopic (exact) mass is 725 g/mol. The average Bonchev–Trinajstić information content (AvgIpc) is 3.57. The molecule has 1 unspecified atom stereocenters. The number of ether oxygens (including phenoxy) is 3. The van der Waals surface area contributed by atoms with Gasteiger partial charge < -0.3 is 35.3 Å². The maximum absolute atomic E-state index is 12.3. The first kappa shape index (κ1) is 45.8. The maximum atomic E-state index is 12.3. The molecule has 1 aromatic rings. The van der Waals surface area contributed by atoms with Crippen molar-refractivity contribution >= 4 is 23.9 Å². The fourth-order valence-corrected chi connectivity index (χ4v) is 5.36. The summed E-state index contributed by atoms with van der Waals surface area (Å²) < 4.78 is 17.9. The van der Waals surface area contributed by atoms with Crippen molar-refractivity contribution in [2.75, 3.05) is 46.1 Å². The number of alkyl carbamates (subject to hydrolysis) is 1. The third-order valence-corrected chi connectivity index (χ3v) is 8.43. The fourth-order valence-electron chi connectivity index (χ4n) is 5.36. The van der Waals surface area contributed by atoms with Crippen molar-refractivity contribution in [1.29, 1.82) is 0 Å².